The third-order valence-corrected chi connectivity index (χ3v) is 5.48. The molecule has 1 N–H and O–H groups in total. The first-order valence-electron chi connectivity index (χ1n) is 9.14. The summed E-state index contributed by atoms with van der Waals surface area (Å²) in [5.74, 6) is 1.42. The number of amides is 1. The van der Waals surface area contributed by atoms with Crippen LogP contribution in [0.4, 0.5) is 10.9 Å². The molecule has 9 nitrogen and oxygen atoms in total. The Bertz CT molecular complexity index is 928. The maximum atomic E-state index is 12.6. The summed E-state index contributed by atoms with van der Waals surface area (Å²) >= 11 is 1.46. The zero-order valence-electron chi connectivity index (χ0n) is 15.4. The highest BCUT2D eigenvalue weighted by Gasteiger charge is 2.26. The number of rotatable bonds is 5. The number of nitrogens with one attached hydrogen (secondary N) is 1. The van der Waals surface area contributed by atoms with Crippen LogP contribution in [0.3, 0.4) is 0 Å². The SMILES string of the molecule is CC(C)Cc1nnc(NC(=O)C2CCN(c3ccc4nncn4n3)CC2)s1. The Morgan fingerprint density at radius 2 is 2.07 bits per heavy atom. The lowest BCUT2D eigenvalue weighted by molar-refractivity contribution is -0.120. The van der Waals surface area contributed by atoms with Gasteiger partial charge in [0.05, 0.1) is 0 Å². The van der Waals surface area contributed by atoms with E-state index in [1.807, 2.05) is 12.1 Å². The molecule has 3 aromatic heterocycles. The fraction of sp³-hybridized carbons (Fsp3) is 0.529. The number of piperidine rings is 1. The van der Waals surface area contributed by atoms with Crippen molar-refractivity contribution in [2.45, 2.75) is 33.1 Å². The predicted molar refractivity (Wildman–Crippen MR) is 103 cm³/mol. The van der Waals surface area contributed by atoms with Crippen molar-refractivity contribution in [2.75, 3.05) is 23.3 Å². The van der Waals surface area contributed by atoms with Crippen molar-refractivity contribution in [1.82, 2.24) is 30.0 Å². The molecule has 0 unspecified atom stereocenters. The van der Waals surface area contributed by atoms with E-state index in [4.69, 9.17) is 0 Å². The number of aromatic nitrogens is 6. The number of anilines is 2. The Balaban J connectivity index is 1.33. The summed E-state index contributed by atoms with van der Waals surface area (Å²) in [7, 11) is 0. The Labute approximate surface area is 160 Å². The molecule has 1 fully saturated rings. The average molecular weight is 386 g/mol. The standard InChI is InChI=1S/C17H22N8OS/c1-11(2)9-15-21-22-17(27-15)19-16(26)12-5-7-24(8-6-12)14-4-3-13-20-18-10-25(13)23-14/h3-4,10-12H,5-9H2,1-2H3,(H,19,22,26). The van der Waals surface area contributed by atoms with Crippen LogP contribution in [0.2, 0.25) is 0 Å². The van der Waals surface area contributed by atoms with Crippen LogP contribution in [0.1, 0.15) is 31.7 Å². The lowest BCUT2D eigenvalue weighted by atomic mass is 9.96. The minimum atomic E-state index is -0.0164. The van der Waals surface area contributed by atoms with Gasteiger partial charge in [0.25, 0.3) is 0 Å². The van der Waals surface area contributed by atoms with E-state index in [1.54, 1.807) is 10.8 Å². The van der Waals surface area contributed by atoms with E-state index in [9.17, 15) is 4.79 Å². The highest BCUT2D eigenvalue weighted by atomic mass is 32.1. The van der Waals surface area contributed by atoms with E-state index in [2.05, 4.69) is 49.6 Å². The highest BCUT2D eigenvalue weighted by molar-refractivity contribution is 7.15. The van der Waals surface area contributed by atoms with E-state index in [0.717, 1.165) is 48.8 Å². The van der Waals surface area contributed by atoms with Gasteiger partial charge in [0.2, 0.25) is 11.0 Å². The van der Waals surface area contributed by atoms with Gasteiger partial charge in [-0.05, 0) is 30.9 Å². The van der Waals surface area contributed by atoms with E-state index < -0.39 is 0 Å². The van der Waals surface area contributed by atoms with E-state index >= 15 is 0 Å². The molecule has 10 heteroatoms. The van der Waals surface area contributed by atoms with Gasteiger partial charge >= 0.3 is 0 Å². The Morgan fingerprint density at radius 1 is 1.26 bits per heavy atom. The molecule has 1 saturated heterocycles. The van der Waals surface area contributed by atoms with Crippen LogP contribution in [-0.4, -0.2) is 49.0 Å². The number of hydrogen-bond donors (Lipinski definition) is 1. The topological polar surface area (TPSA) is 101 Å². The first-order valence-corrected chi connectivity index (χ1v) is 9.95. The molecule has 0 spiro atoms. The van der Waals surface area contributed by atoms with Gasteiger partial charge in [-0.2, -0.15) is 4.52 Å². The van der Waals surface area contributed by atoms with Crippen LogP contribution < -0.4 is 10.2 Å². The fourth-order valence-corrected chi connectivity index (χ4v) is 4.16. The van der Waals surface area contributed by atoms with E-state index in [0.29, 0.717) is 11.0 Å². The lowest BCUT2D eigenvalue weighted by Crippen LogP contribution is -2.38. The van der Waals surface area contributed by atoms with Gasteiger partial charge < -0.3 is 10.2 Å². The zero-order chi connectivity index (χ0) is 18.8. The second-order valence-corrected chi connectivity index (χ2v) is 8.24. The number of fused-ring (bicyclic) bond motifs is 1. The predicted octanol–water partition coefficient (Wildman–Crippen LogP) is 2.03. The van der Waals surface area contributed by atoms with Crippen molar-refractivity contribution in [1.29, 1.82) is 0 Å². The molecule has 0 saturated carbocycles. The summed E-state index contributed by atoms with van der Waals surface area (Å²) < 4.78 is 1.67. The molecule has 0 bridgehead atoms. The van der Waals surface area contributed by atoms with Crippen molar-refractivity contribution in [3.05, 3.63) is 23.5 Å². The van der Waals surface area contributed by atoms with Crippen LogP contribution in [-0.2, 0) is 11.2 Å². The van der Waals surface area contributed by atoms with Crippen molar-refractivity contribution in [3.63, 3.8) is 0 Å². The largest absolute Gasteiger partial charge is 0.355 e. The molecule has 0 aliphatic carbocycles. The number of nitrogens with zero attached hydrogens (tertiary/aromatic N) is 7. The maximum absolute atomic E-state index is 12.6. The number of carbonyl (C=O) groups excluding carboxylic acids is 1. The van der Waals surface area contributed by atoms with E-state index in [-0.39, 0.29) is 11.8 Å². The van der Waals surface area contributed by atoms with Gasteiger partial charge in [0.15, 0.2) is 5.65 Å². The van der Waals surface area contributed by atoms with Gasteiger partial charge in [-0.3, -0.25) is 4.79 Å². The van der Waals surface area contributed by atoms with Gasteiger partial charge in [-0.1, -0.05) is 25.2 Å². The molecule has 1 aliphatic heterocycles. The molecule has 27 heavy (non-hydrogen) atoms. The molecule has 0 radical (unpaired) electrons. The summed E-state index contributed by atoms with van der Waals surface area (Å²) in [6, 6.07) is 3.85. The third-order valence-electron chi connectivity index (χ3n) is 4.62. The van der Waals surface area contributed by atoms with Crippen molar-refractivity contribution in [2.24, 2.45) is 11.8 Å². The maximum Gasteiger partial charge on any atom is 0.229 e. The minimum Gasteiger partial charge on any atom is -0.355 e. The first-order chi connectivity index (χ1) is 13.1. The molecule has 0 aromatic carbocycles. The van der Waals surface area contributed by atoms with Gasteiger partial charge in [-0.15, -0.1) is 25.5 Å². The van der Waals surface area contributed by atoms with Crippen LogP contribution in [0.25, 0.3) is 5.65 Å². The molecule has 142 valence electrons. The summed E-state index contributed by atoms with van der Waals surface area (Å²) in [5, 5.41) is 25.1. The molecule has 0 atom stereocenters. The Morgan fingerprint density at radius 3 is 2.85 bits per heavy atom. The lowest BCUT2D eigenvalue weighted by Gasteiger charge is -2.31. The molecule has 4 rings (SSSR count). The summed E-state index contributed by atoms with van der Waals surface area (Å²) in [6.45, 7) is 5.85. The summed E-state index contributed by atoms with van der Waals surface area (Å²) in [6.07, 6.45) is 4.04. The van der Waals surface area contributed by atoms with Crippen molar-refractivity contribution >= 4 is 33.8 Å². The minimum absolute atomic E-state index is 0.0164. The van der Waals surface area contributed by atoms with Crippen LogP contribution in [0, 0.1) is 11.8 Å². The van der Waals surface area contributed by atoms with Gasteiger partial charge in [0, 0.05) is 25.4 Å². The zero-order valence-corrected chi connectivity index (χ0v) is 16.2. The molecule has 1 aliphatic rings. The highest BCUT2D eigenvalue weighted by Crippen LogP contribution is 2.24. The number of hydrogen-bond acceptors (Lipinski definition) is 8. The first kappa shape index (κ1) is 17.8. The second kappa shape index (κ2) is 7.55. The quantitative estimate of drug-likeness (QED) is 0.716. The average Bonchev–Trinajstić information content (AvgIpc) is 3.30. The summed E-state index contributed by atoms with van der Waals surface area (Å²) in [4.78, 5) is 14.7. The van der Waals surface area contributed by atoms with Crippen molar-refractivity contribution < 1.29 is 4.79 Å². The normalized spacial score (nSPS) is 15.6. The number of carbonyl (C=O) groups is 1. The van der Waals surface area contributed by atoms with E-state index in [1.165, 1.54) is 11.3 Å². The van der Waals surface area contributed by atoms with Crippen LogP contribution >= 0.6 is 11.3 Å². The Kier molecular flexibility index (Phi) is 4.97. The third kappa shape index (κ3) is 4.05. The molecular formula is C17H22N8OS. The monoisotopic (exact) mass is 386 g/mol. The molecule has 4 heterocycles. The summed E-state index contributed by atoms with van der Waals surface area (Å²) in [5.41, 5.74) is 0.724. The molecule has 3 aromatic rings. The van der Waals surface area contributed by atoms with Gasteiger partial charge in [-0.25, -0.2) is 0 Å². The van der Waals surface area contributed by atoms with Crippen LogP contribution in [0.5, 0.6) is 0 Å². The second-order valence-electron chi connectivity index (χ2n) is 7.17. The smallest absolute Gasteiger partial charge is 0.229 e. The fourth-order valence-electron chi connectivity index (χ4n) is 3.20. The Hall–Kier alpha value is -2.62. The van der Waals surface area contributed by atoms with Gasteiger partial charge in [0.1, 0.15) is 17.2 Å². The van der Waals surface area contributed by atoms with Crippen LogP contribution in [0.15, 0.2) is 18.5 Å². The molecule has 1 amide bonds. The molecular weight excluding hydrogens is 364 g/mol. The van der Waals surface area contributed by atoms with Crippen molar-refractivity contribution in [3.8, 4) is 0 Å².